The third kappa shape index (κ3) is 12.0. The van der Waals surface area contributed by atoms with Crippen LogP contribution in [0.15, 0.2) is 78.9 Å². The lowest BCUT2D eigenvalue weighted by molar-refractivity contribution is -0.143. The van der Waals surface area contributed by atoms with Crippen molar-refractivity contribution in [3.8, 4) is 5.75 Å². The zero-order valence-corrected chi connectivity index (χ0v) is 24.9. The summed E-state index contributed by atoms with van der Waals surface area (Å²) in [6.45, 7) is 1.09. The topological polar surface area (TPSA) is 73.9 Å². The van der Waals surface area contributed by atoms with Gasteiger partial charge in [-0.25, -0.2) is 4.79 Å². The van der Waals surface area contributed by atoms with E-state index in [1.165, 1.54) is 11.9 Å². The minimum atomic E-state index is -4.92. The first-order valence-corrected chi connectivity index (χ1v) is 14.2. The molecular weight excluding hydrogens is 602 g/mol. The number of nitrogens with one attached hydrogen (secondary N) is 2. The number of hydrogen-bond acceptors (Lipinski definition) is 4. The predicted octanol–water partition coefficient (Wildman–Crippen LogP) is 6.71. The fraction of sp³-hybridized carbons (Fsp3) is 0.375. The van der Waals surface area contributed by atoms with Crippen LogP contribution in [0, 0.1) is 0 Å². The minimum Gasteiger partial charge on any atom is -0.497 e. The molecular formula is C32H36F6N4O3. The smallest absolute Gasteiger partial charge is 0.416 e. The summed E-state index contributed by atoms with van der Waals surface area (Å²) in [4.78, 5) is 28.1. The molecule has 45 heavy (non-hydrogen) atoms. The van der Waals surface area contributed by atoms with E-state index in [2.05, 4.69) is 10.6 Å². The van der Waals surface area contributed by atoms with Gasteiger partial charge in [0, 0.05) is 38.4 Å². The van der Waals surface area contributed by atoms with Crippen LogP contribution in [-0.2, 0) is 23.6 Å². The molecule has 7 nitrogen and oxygen atoms in total. The van der Waals surface area contributed by atoms with Crippen LogP contribution in [-0.4, -0.2) is 68.1 Å². The number of anilines is 1. The van der Waals surface area contributed by atoms with E-state index in [4.69, 9.17) is 4.74 Å². The fourth-order valence-electron chi connectivity index (χ4n) is 4.54. The Morgan fingerprint density at radius 3 is 1.84 bits per heavy atom. The van der Waals surface area contributed by atoms with E-state index < -0.39 is 23.5 Å². The number of rotatable bonds is 8. The highest BCUT2D eigenvalue weighted by Crippen LogP contribution is 2.36. The summed E-state index contributed by atoms with van der Waals surface area (Å²) in [6, 6.07) is 19.9. The lowest BCUT2D eigenvalue weighted by atomic mass is 10.0. The highest BCUT2D eigenvalue weighted by Gasteiger charge is 2.37. The Kier molecular flexibility index (Phi) is 12.7. The molecule has 1 aliphatic heterocycles. The normalized spacial score (nSPS) is 14.1. The van der Waals surface area contributed by atoms with Crippen LogP contribution in [0.3, 0.4) is 0 Å². The van der Waals surface area contributed by atoms with Gasteiger partial charge in [-0.05, 0) is 67.3 Å². The van der Waals surface area contributed by atoms with E-state index in [-0.39, 0.29) is 49.1 Å². The first-order valence-electron chi connectivity index (χ1n) is 14.2. The van der Waals surface area contributed by atoms with Crippen molar-refractivity contribution in [1.82, 2.24) is 15.1 Å². The number of carbonyl (C=O) groups is 2. The Morgan fingerprint density at radius 2 is 1.38 bits per heavy atom. The lowest BCUT2D eigenvalue weighted by Crippen LogP contribution is -2.48. The van der Waals surface area contributed by atoms with Crippen molar-refractivity contribution >= 4 is 17.6 Å². The summed E-state index contributed by atoms with van der Waals surface area (Å²) in [6.07, 6.45) is -8.79. The van der Waals surface area contributed by atoms with Crippen LogP contribution >= 0.6 is 0 Å². The summed E-state index contributed by atoms with van der Waals surface area (Å²) >= 11 is 0. The maximum absolute atomic E-state index is 13.1. The molecule has 1 saturated heterocycles. The van der Waals surface area contributed by atoms with Crippen molar-refractivity contribution in [2.24, 2.45) is 0 Å². The Bertz CT molecular complexity index is 1300. The summed E-state index contributed by atoms with van der Waals surface area (Å²) in [7, 11) is 3.00. The van der Waals surface area contributed by atoms with Gasteiger partial charge < -0.3 is 20.3 Å². The average molecular weight is 639 g/mol. The number of likely N-dealkylation sites (N-methyl/N-ethyl adjacent to an activating group) is 1. The second-order valence-corrected chi connectivity index (χ2v) is 10.5. The van der Waals surface area contributed by atoms with E-state index in [1.54, 1.807) is 31.4 Å². The number of alkyl halides is 6. The van der Waals surface area contributed by atoms with Gasteiger partial charge in [0.25, 0.3) is 0 Å². The molecule has 3 aromatic rings. The molecule has 0 spiro atoms. The number of hydrogen-bond donors (Lipinski definition) is 2. The molecule has 4 rings (SSSR count). The van der Waals surface area contributed by atoms with Gasteiger partial charge in [0.05, 0.1) is 24.8 Å². The number of carbonyl (C=O) groups excluding carboxylic acids is 2. The summed E-state index contributed by atoms with van der Waals surface area (Å²) in [5.41, 5.74) is -2.30. The molecule has 0 saturated carbocycles. The molecule has 3 aromatic carbocycles. The van der Waals surface area contributed by atoms with Gasteiger partial charge in [0.1, 0.15) is 5.75 Å². The van der Waals surface area contributed by atoms with Crippen molar-refractivity contribution in [3.05, 3.63) is 95.6 Å². The van der Waals surface area contributed by atoms with Crippen LogP contribution in [0.4, 0.5) is 36.8 Å². The first kappa shape index (κ1) is 35.2. The molecule has 1 fully saturated rings. The Balaban J connectivity index is 0.000000821. The zero-order chi connectivity index (χ0) is 33.0. The van der Waals surface area contributed by atoms with Crippen molar-refractivity contribution in [3.63, 3.8) is 0 Å². The van der Waals surface area contributed by atoms with Gasteiger partial charge in [0.15, 0.2) is 0 Å². The van der Waals surface area contributed by atoms with E-state index in [1.807, 2.05) is 41.3 Å². The molecule has 2 N–H and O–H groups in total. The Morgan fingerprint density at radius 1 is 0.867 bits per heavy atom. The molecule has 0 aliphatic carbocycles. The molecule has 0 atom stereocenters. The van der Waals surface area contributed by atoms with E-state index in [9.17, 15) is 35.9 Å². The highest BCUT2D eigenvalue weighted by molar-refractivity contribution is 5.89. The van der Waals surface area contributed by atoms with Crippen LogP contribution in [0.2, 0.25) is 0 Å². The number of benzene rings is 3. The number of amides is 3. The van der Waals surface area contributed by atoms with Crippen LogP contribution in [0.25, 0.3) is 0 Å². The van der Waals surface area contributed by atoms with Crippen molar-refractivity contribution in [2.45, 2.75) is 37.7 Å². The molecule has 1 heterocycles. The fourth-order valence-corrected chi connectivity index (χ4v) is 4.54. The van der Waals surface area contributed by atoms with E-state index in [0.29, 0.717) is 49.5 Å². The van der Waals surface area contributed by atoms with Gasteiger partial charge in [-0.15, -0.1) is 0 Å². The van der Waals surface area contributed by atoms with E-state index >= 15 is 0 Å². The summed E-state index contributed by atoms with van der Waals surface area (Å²) in [5.74, 6) is 0.362. The number of likely N-dealkylation sites (tertiary alicyclic amines) is 1. The SMILES string of the molecule is COc1ccc(NC(=O)NC2CCN(CC(=O)N(C)CCc3cc(C(F)(F)F)cc(C(F)(F)F)c3)CC2)cc1.c1ccccc1. The summed E-state index contributed by atoms with van der Waals surface area (Å²) in [5, 5.41) is 5.64. The Hall–Kier alpha value is -4.26. The molecule has 0 aromatic heterocycles. The molecule has 0 unspecified atom stereocenters. The third-order valence-corrected chi connectivity index (χ3v) is 7.11. The number of urea groups is 1. The number of ether oxygens (including phenoxy) is 1. The summed E-state index contributed by atoms with van der Waals surface area (Å²) < 4.78 is 83.5. The molecule has 244 valence electrons. The average Bonchev–Trinajstić information content (AvgIpc) is 3.01. The predicted molar refractivity (Wildman–Crippen MR) is 159 cm³/mol. The van der Waals surface area contributed by atoms with Crippen molar-refractivity contribution < 1.29 is 40.7 Å². The highest BCUT2D eigenvalue weighted by atomic mass is 19.4. The monoisotopic (exact) mass is 638 g/mol. The lowest BCUT2D eigenvalue weighted by Gasteiger charge is -2.32. The number of halogens is 6. The van der Waals surface area contributed by atoms with E-state index in [0.717, 1.165) is 0 Å². The van der Waals surface area contributed by atoms with Gasteiger partial charge in [0.2, 0.25) is 5.91 Å². The van der Waals surface area contributed by atoms with Gasteiger partial charge in [-0.1, -0.05) is 36.4 Å². The second-order valence-electron chi connectivity index (χ2n) is 10.5. The Labute approximate surface area is 258 Å². The molecule has 0 radical (unpaired) electrons. The molecule has 13 heteroatoms. The first-order chi connectivity index (χ1) is 21.2. The second kappa shape index (κ2) is 16.2. The third-order valence-electron chi connectivity index (χ3n) is 7.11. The minimum absolute atomic E-state index is 0.0407. The largest absolute Gasteiger partial charge is 0.497 e. The number of nitrogens with zero attached hydrogens (tertiary/aromatic N) is 2. The van der Waals surface area contributed by atoms with Crippen LogP contribution < -0.4 is 15.4 Å². The van der Waals surface area contributed by atoms with Gasteiger partial charge in [-0.2, -0.15) is 26.3 Å². The van der Waals surface area contributed by atoms with Gasteiger partial charge in [-0.3, -0.25) is 9.69 Å². The van der Waals surface area contributed by atoms with Crippen LogP contribution in [0.1, 0.15) is 29.5 Å². The van der Waals surface area contributed by atoms with Crippen LogP contribution in [0.5, 0.6) is 5.75 Å². The number of methoxy groups -OCH3 is 1. The molecule has 0 bridgehead atoms. The zero-order valence-electron chi connectivity index (χ0n) is 24.9. The van der Waals surface area contributed by atoms with Crippen molar-refractivity contribution in [2.75, 3.05) is 45.7 Å². The quantitative estimate of drug-likeness (QED) is 0.269. The van der Waals surface area contributed by atoms with Crippen molar-refractivity contribution in [1.29, 1.82) is 0 Å². The maximum atomic E-state index is 13.1. The molecule has 1 aliphatic rings. The van der Waals surface area contributed by atoms with Gasteiger partial charge >= 0.3 is 18.4 Å². The maximum Gasteiger partial charge on any atom is 0.416 e. The standard InChI is InChI=1S/C26H30F6N4O3.C6H6/c1-35(10-7-17-13-18(25(27,28)29)15-19(14-17)26(30,31)32)23(37)16-36-11-8-21(9-12-36)34-24(38)33-20-3-5-22(39-2)6-4-20;1-2-4-6-5-3-1/h3-6,13-15,21H,7-12,16H2,1-2H3,(H2,33,34,38);1-6H. The molecule has 3 amide bonds. The number of piperidine rings is 1.